The molecule has 1 saturated carbocycles. The van der Waals surface area contributed by atoms with Gasteiger partial charge in [-0.1, -0.05) is 12.8 Å². The topological polar surface area (TPSA) is 57.6 Å². The zero-order chi connectivity index (χ0) is 15.0. The first-order valence-electron chi connectivity index (χ1n) is 7.74. The van der Waals surface area contributed by atoms with Crippen molar-refractivity contribution in [1.82, 2.24) is 4.90 Å². The average molecular weight is 287 g/mol. The molecule has 1 saturated heterocycles. The molecule has 4 nitrogen and oxygen atoms in total. The molecule has 0 spiro atoms. The van der Waals surface area contributed by atoms with E-state index in [1.54, 1.807) is 12.1 Å². The van der Waals surface area contributed by atoms with E-state index >= 15 is 0 Å². The molecule has 2 fully saturated rings. The van der Waals surface area contributed by atoms with Crippen LogP contribution in [-0.4, -0.2) is 34.0 Å². The number of carbonyl (C=O) groups excluding carboxylic acids is 1. The van der Waals surface area contributed by atoms with Crippen molar-refractivity contribution < 1.29 is 14.7 Å². The highest BCUT2D eigenvalue weighted by atomic mass is 16.4. The molecule has 4 heteroatoms. The molecule has 0 aromatic heterocycles. The fourth-order valence-electron chi connectivity index (χ4n) is 3.96. The molecule has 1 N–H and O–H groups in total. The van der Waals surface area contributed by atoms with Gasteiger partial charge in [-0.3, -0.25) is 4.79 Å². The van der Waals surface area contributed by atoms with Crippen LogP contribution in [0.2, 0.25) is 0 Å². The van der Waals surface area contributed by atoms with E-state index in [4.69, 9.17) is 5.11 Å². The minimum Gasteiger partial charge on any atom is -0.478 e. The predicted octanol–water partition coefficient (Wildman–Crippen LogP) is 3.18. The van der Waals surface area contributed by atoms with Crippen molar-refractivity contribution in [2.24, 2.45) is 5.92 Å². The largest absolute Gasteiger partial charge is 0.478 e. The monoisotopic (exact) mass is 287 g/mol. The first-order chi connectivity index (χ1) is 10.1. The molecule has 1 aromatic carbocycles. The molecule has 2 aliphatic rings. The minimum absolute atomic E-state index is 0.0499. The molecular formula is C17H21NO3. The summed E-state index contributed by atoms with van der Waals surface area (Å²) in [6.07, 6.45) is 5.92. The number of nitrogens with zero attached hydrogens (tertiary/aromatic N) is 1. The third kappa shape index (κ3) is 2.55. The van der Waals surface area contributed by atoms with Crippen molar-refractivity contribution in [1.29, 1.82) is 0 Å². The molecule has 1 aromatic rings. The zero-order valence-corrected chi connectivity index (χ0v) is 12.3. The van der Waals surface area contributed by atoms with Crippen LogP contribution in [0.25, 0.3) is 0 Å². The smallest absolute Gasteiger partial charge is 0.335 e. The number of carboxylic acids is 1. The standard InChI is InChI=1S/C17H21NO3/c1-11-10-14-4-2-3-5-15(14)18(11)16(19)12-6-8-13(9-7-12)17(20)21/h6-9,11,14-15H,2-5,10H2,1H3,(H,20,21). The second kappa shape index (κ2) is 5.51. The SMILES string of the molecule is CC1CC2CCCCC2N1C(=O)c1ccc(C(=O)O)cc1. The predicted molar refractivity (Wildman–Crippen MR) is 79.4 cm³/mol. The molecule has 1 amide bonds. The van der Waals surface area contributed by atoms with Crippen LogP contribution in [0, 0.1) is 5.92 Å². The van der Waals surface area contributed by atoms with Crippen molar-refractivity contribution in [3.8, 4) is 0 Å². The van der Waals surface area contributed by atoms with E-state index in [1.807, 2.05) is 4.90 Å². The maximum atomic E-state index is 12.8. The number of aromatic carboxylic acids is 1. The summed E-state index contributed by atoms with van der Waals surface area (Å²) in [5, 5.41) is 8.93. The number of carbonyl (C=O) groups is 2. The lowest BCUT2D eigenvalue weighted by atomic mass is 9.85. The molecule has 1 aliphatic carbocycles. The normalized spacial score (nSPS) is 28.2. The number of carboxylic acid groups (broad SMARTS) is 1. The van der Waals surface area contributed by atoms with Gasteiger partial charge in [0.25, 0.3) is 5.91 Å². The Morgan fingerprint density at radius 1 is 1.10 bits per heavy atom. The van der Waals surface area contributed by atoms with E-state index in [2.05, 4.69) is 6.92 Å². The summed E-state index contributed by atoms with van der Waals surface area (Å²) in [6.45, 7) is 2.13. The Morgan fingerprint density at radius 3 is 2.38 bits per heavy atom. The molecule has 0 bridgehead atoms. The summed E-state index contributed by atoms with van der Waals surface area (Å²) < 4.78 is 0. The average Bonchev–Trinajstić information content (AvgIpc) is 2.82. The number of likely N-dealkylation sites (tertiary alicyclic amines) is 1. The lowest BCUT2D eigenvalue weighted by molar-refractivity contribution is 0.0630. The summed E-state index contributed by atoms with van der Waals surface area (Å²) in [5.74, 6) is -0.263. The van der Waals surface area contributed by atoms with Crippen LogP contribution in [0.4, 0.5) is 0 Å². The quantitative estimate of drug-likeness (QED) is 0.909. The molecule has 1 aliphatic heterocycles. The van der Waals surface area contributed by atoms with Crippen molar-refractivity contribution in [2.45, 2.75) is 51.1 Å². The Kier molecular flexibility index (Phi) is 3.70. The van der Waals surface area contributed by atoms with Gasteiger partial charge in [0, 0.05) is 17.6 Å². The van der Waals surface area contributed by atoms with Gasteiger partial charge < -0.3 is 10.0 Å². The number of rotatable bonds is 2. The van der Waals surface area contributed by atoms with Crippen LogP contribution in [0.3, 0.4) is 0 Å². The van der Waals surface area contributed by atoms with E-state index in [0.717, 1.165) is 12.8 Å². The first kappa shape index (κ1) is 14.1. The van der Waals surface area contributed by atoms with Gasteiger partial charge in [-0.2, -0.15) is 0 Å². The maximum absolute atomic E-state index is 12.8. The summed E-state index contributed by atoms with van der Waals surface area (Å²) in [6, 6.07) is 6.94. The zero-order valence-electron chi connectivity index (χ0n) is 12.3. The number of fused-ring (bicyclic) bond motifs is 1. The second-order valence-electron chi connectivity index (χ2n) is 6.29. The fraction of sp³-hybridized carbons (Fsp3) is 0.529. The van der Waals surface area contributed by atoms with Gasteiger partial charge in [0.15, 0.2) is 0 Å². The van der Waals surface area contributed by atoms with Crippen LogP contribution in [-0.2, 0) is 0 Å². The Morgan fingerprint density at radius 2 is 1.71 bits per heavy atom. The minimum atomic E-state index is -0.962. The number of hydrogen-bond donors (Lipinski definition) is 1. The van der Waals surface area contributed by atoms with Crippen LogP contribution in [0.15, 0.2) is 24.3 Å². The van der Waals surface area contributed by atoms with E-state index < -0.39 is 5.97 Å². The van der Waals surface area contributed by atoms with Crippen LogP contribution >= 0.6 is 0 Å². The third-order valence-electron chi connectivity index (χ3n) is 4.96. The molecular weight excluding hydrogens is 266 g/mol. The van der Waals surface area contributed by atoms with E-state index in [0.29, 0.717) is 17.5 Å². The summed E-state index contributed by atoms with van der Waals surface area (Å²) >= 11 is 0. The summed E-state index contributed by atoms with van der Waals surface area (Å²) in [5.41, 5.74) is 0.814. The Labute approximate surface area is 124 Å². The van der Waals surface area contributed by atoms with Crippen LogP contribution < -0.4 is 0 Å². The van der Waals surface area contributed by atoms with Crippen LogP contribution in [0.1, 0.15) is 59.7 Å². The van der Waals surface area contributed by atoms with E-state index in [1.165, 1.54) is 31.4 Å². The molecule has 112 valence electrons. The Hall–Kier alpha value is -1.84. The maximum Gasteiger partial charge on any atom is 0.335 e. The number of hydrogen-bond acceptors (Lipinski definition) is 2. The highest BCUT2D eigenvalue weighted by molar-refractivity contribution is 5.96. The van der Waals surface area contributed by atoms with Gasteiger partial charge in [0.1, 0.15) is 0 Å². The number of amides is 1. The van der Waals surface area contributed by atoms with Gasteiger partial charge in [-0.05, 0) is 56.4 Å². The molecule has 0 radical (unpaired) electrons. The highest BCUT2D eigenvalue weighted by Crippen LogP contribution is 2.40. The molecule has 3 atom stereocenters. The third-order valence-corrected chi connectivity index (χ3v) is 4.96. The van der Waals surface area contributed by atoms with Gasteiger partial charge in [0.05, 0.1) is 5.56 Å². The van der Waals surface area contributed by atoms with Crippen molar-refractivity contribution in [3.05, 3.63) is 35.4 Å². The molecule has 1 heterocycles. The number of benzene rings is 1. The van der Waals surface area contributed by atoms with E-state index in [-0.39, 0.29) is 17.5 Å². The lowest BCUT2D eigenvalue weighted by Crippen LogP contribution is -2.42. The summed E-state index contributed by atoms with van der Waals surface area (Å²) in [7, 11) is 0. The van der Waals surface area contributed by atoms with Gasteiger partial charge in [0.2, 0.25) is 0 Å². The van der Waals surface area contributed by atoms with Gasteiger partial charge >= 0.3 is 5.97 Å². The van der Waals surface area contributed by atoms with Gasteiger partial charge in [-0.15, -0.1) is 0 Å². The second-order valence-corrected chi connectivity index (χ2v) is 6.29. The molecule has 3 rings (SSSR count). The molecule has 21 heavy (non-hydrogen) atoms. The van der Waals surface area contributed by atoms with Crippen LogP contribution in [0.5, 0.6) is 0 Å². The van der Waals surface area contributed by atoms with Crippen molar-refractivity contribution in [3.63, 3.8) is 0 Å². The Bertz CT molecular complexity index is 552. The van der Waals surface area contributed by atoms with Crippen molar-refractivity contribution >= 4 is 11.9 Å². The molecule has 3 unspecified atom stereocenters. The highest BCUT2D eigenvalue weighted by Gasteiger charge is 2.42. The summed E-state index contributed by atoms with van der Waals surface area (Å²) in [4.78, 5) is 25.7. The van der Waals surface area contributed by atoms with Crippen molar-refractivity contribution in [2.75, 3.05) is 0 Å². The van der Waals surface area contributed by atoms with Gasteiger partial charge in [-0.25, -0.2) is 4.79 Å². The fourth-order valence-corrected chi connectivity index (χ4v) is 3.96. The first-order valence-corrected chi connectivity index (χ1v) is 7.74. The lowest BCUT2D eigenvalue weighted by Gasteiger charge is -2.33. The Balaban J connectivity index is 1.82. The van der Waals surface area contributed by atoms with E-state index in [9.17, 15) is 9.59 Å².